The highest BCUT2D eigenvalue weighted by atomic mass is 16.4. The van der Waals surface area contributed by atoms with E-state index >= 15 is 0 Å². The van der Waals surface area contributed by atoms with Gasteiger partial charge in [0.1, 0.15) is 0 Å². The van der Waals surface area contributed by atoms with E-state index in [1.54, 1.807) is 0 Å². The fourth-order valence-electron chi connectivity index (χ4n) is 0.522. The number of nitrogens with one attached hydrogen (secondary N) is 1. The van der Waals surface area contributed by atoms with E-state index in [4.69, 9.17) is 10.8 Å². The summed E-state index contributed by atoms with van der Waals surface area (Å²) in [5, 5.41) is 11.0. The summed E-state index contributed by atoms with van der Waals surface area (Å²) in [6.07, 6.45) is -0.430. The highest BCUT2D eigenvalue weighted by Gasteiger charge is 2.03. The molecule has 0 saturated heterocycles. The molecular formula is C5H12N2O2. The maximum Gasteiger partial charge on any atom is 0.306 e. The lowest BCUT2D eigenvalue weighted by molar-refractivity contribution is -0.137. The number of hydrogen-bond donors (Lipinski definition) is 3. The first-order valence-corrected chi connectivity index (χ1v) is 2.87. The van der Waals surface area contributed by atoms with E-state index in [2.05, 4.69) is 5.32 Å². The van der Waals surface area contributed by atoms with Crippen molar-refractivity contribution in [1.29, 1.82) is 0 Å². The molecule has 0 amide bonds. The molecule has 0 aromatic carbocycles. The van der Waals surface area contributed by atoms with Crippen LogP contribution in [0.25, 0.3) is 0 Å². The molecule has 0 aliphatic carbocycles. The van der Waals surface area contributed by atoms with Gasteiger partial charge in [0.2, 0.25) is 0 Å². The Kier molecular flexibility index (Phi) is 4.00. The third kappa shape index (κ3) is 5.26. The average molecular weight is 132 g/mol. The number of carbonyl (C=O) groups is 1. The fourth-order valence-corrected chi connectivity index (χ4v) is 0.522. The second-order valence-corrected chi connectivity index (χ2v) is 1.76. The molecule has 4 heteroatoms. The van der Waals surface area contributed by atoms with E-state index < -0.39 is 12.1 Å². The Labute approximate surface area is 54.0 Å². The molecule has 1 unspecified atom stereocenters. The van der Waals surface area contributed by atoms with Crippen LogP contribution in [0.1, 0.15) is 13.3 Å². The topological polar surface area (TPSA) is 75.3 Å². The highest BCUT2D eigenvalue weighted by Crippen LogP contribution is 1.81. The maximum atomic E-state index is 9.96. The lowest BCUT2D eigenvalue weighted by Crippen LogP contribution is -2.38. The molecule has 0 radical (unpaired) electrons. The van der Waals surface area contributed by atoms with Gasteiger partial charge in [-0.15, -0.1) is 0 Å². The third-order valence-corrected chi connectivity index (χ3v) is 0.861. The highest BCUT2D eigenvalue weighted by molar-refractivity contribution is 5.67. The molecule has 4 N–H and O–H groups in total. The van der Waals surface area contributed by atoms with Crippen molar-refractivity contribution >= 4 is 5.97 Å². The predicted molar refractivity (Wildman–Crippen MR) is 33.9 cm³/mol. The zero-order valence-electron chi connectivity index (χ0n) is 5.42. The molecule has 0 saturated carbocycles. The first kappa shape index (κ1) is 8.39. The normalized spacial score (nSPS) is 13.1. The first-order valence-electron chi connectivity index (χ1n) is 2.87. The number of nitrogens with two attached hydrogens (primary N) is 1. The van der Waals surface area contributed by atoms with Crippen LogP contribution in [0, 0.1) is 0 Å². The van der Waals surface area contributed by atoms with Crippen molar-refractivity contribution in [3.63, 3.8) is 0 Å². The van der Waals surface area contributed by atoms with E-state index in [9.17, 15) is 4.79 Å². The minimum Gasteiger partial charge on any atom is -0.481 e. The summed E-state index contributed by atoms with van der Waals surface area (Å²) in [7, 11) is 0. The van der Waals surface area contributed by atoms with Crippen LogP contribution in [0.5, 0.6) is 0 Å². The SMILES string of the molecule is CCNC(N)CC(=O)O. The van der Waals surface area contributed by atoms with Crippen molar-refractivity contribution in [1.82, 2.24) is 5.32 Å². The monoisotopic (exact) mass is 132 g/mol. The average Bonchev–Trinajstić information content (AvgIpc) is 1.63. The van der Waals surface area contributed by atoms with Gasteiger partial charge >= 0.3 is 5.97 Å². The summed E-state index contributed by atoms with van der Waals surface area (Å²) in [5.41, 5.74) is 5.29. The largest absolute Gasteiger partial charge is 0.481 e. The van der Waals surface area contributed by atoms with Crippen LogP contribution in [0.15, 0.2) is 0 Å². The standard InChI is InChI=1S/C5H12N2O2/c1-2-7-4(6)3-5(8)9/h4,7H,2-3,6H2,1H3,(H,8,9). The fraction of sp³-hybridized carbons (Fsp3) is 0.800. The van der Waals surface area contributed by atoms with Gasteiger partial charge in [-0.25, -0.2) is 0 Å². The van der Waals surface area contributed by atoms with Crippen LogP contribution in [0.3, 0.4) is 0 Å². The Hall–Kier alpha value is -0.610. The number of carboxylic acid groups (broad SMARTS) is 1. The van der Waals surface area contributed by atoms with Crippen LogP contribution in [-0.2, 0) is 4.79 Å². The molecule has 0 bridgehead atoms. The Bertz CT molecular complexity index is 95.0. The van der Waals surface area contributed by atoms with Crippen molar-refractivity contribution in [3.05, 3.63) is 0 Å². The van der Waals surface area contributed by atoms with E-state index in [0.717, 1.165) is 0 Å². The second-order valence-electron chi connectivity index (χ2n) is 1.76. The minimum absolute atomic E-state index is 0.0200. The van der Waals surface area contributed by atoms with Crippen LogP contribution in [0.2, 0.25) is 0 Å². The number of aliphatic carboxylic acids is 1. The van der Waals surface area contributed by atoms with Gasteiger partial charge < -0.3 is 16.2 Å². The van der Waals surface area contributed by atoms with E-state index in [1.165, 1.54) is 0 Å². The number of rotatable bonds is 4. The summed E-state index contributed by atoms with van der Waals surface area (Å²) < 4.78 is 0. The summed E-state index contributed by atoms with van der Waals surface area (Å²) >= 11 is 0. The molecule has 9 heavy (non-hydrogen) atoms. The molecule has 0 aromatic heterocycles. The Morgan fingerprint density at radius 2 is 2.44 bits per heavy atom. The number of hydrogen-bond acceptors (Lipinski definition) is 3. The lowest BCUT2D eigenvalue weighted by Gasteiger charge is -2.07. The maximum absolute atomic E-state index is 9.96. The molecule has 1 atom stereocenters. The van der Waals surface area contributed by atoms with Crippen molar-refractivity contribution < 1.29 is 9.90 Å². The van der Waals surface area contributed by atoms with E-state index in [-0.39, 0.29) is 6.42 Å². The summed E-state index contributed by atoms with van der Waals surface area (Å²) in [4.78, 5) is 9.96. The third-order valence-electron chi connectivity index (χ3n) is 0.861. The van der Waals surface area contributed by atoms with Gasteiger partial charge in [-0.3, -0.25) is 4.79 Å². The quantitative estimate of drug-likeness (QED) is 0.444. The lowest BCUT2D eigenvalue weighted by atomic mass is 10.3. The van der Waals surface area contributed by atoms with Crippen molar-refractivity contribution in [2.24, 2.45) is 5.73 Å². The zero-order valence-corrected chi connectivity index (χ0v) is 5.42. The van der Waals surface area contributed by atoms with Gasteiger partial charge in [-0.05, 0) is 6.54 Å². The Morgan fingerprint density at radius 1 is 1.89 bits per heavy atom. The molecular weight excluding hydrogens is 120 g/mol. The second kappa shape index (κ2) is 4.29. The van der Waals surface area contributed by atoms with Crippen LogP contribution in [0.4, 0.5) is 0 Å². The van der Waals surface area contributed by atoms with Gasteiger partial charge in [0, 0.05) is 0 Å². The van der Waals surface area contributed by atoms with Crippen LogP contribution < -0.4 is 11.1 Å². The van der Waals surface area contributed by atoms with E-state index in [0.29, 0.717) is 6.54 Å². The molecule has 0 aliphatic rings. The van der Waals surface area contributed by atoms with E-state index in [1.807, 2.05) is 6.92 Å². The Morgan fingerprint density at radius 3 is 2.78 bits per heavy atom. The summed E-state index contributed by atoms with van der Waals surface area (Å²) in [6.45, 7) is 2.58. The molecule has 4 nitrogen and oxygen atoms in total. The predicted octanol–water partition coefficient (Wildman–Crippen LogP) is -0.645. The van der Waals surface area contributed by atoms with Gasteiger partial charge in [-0.2, -0.15) is 0 Å². The van der Waals surface area contributed by atoms with Gasteiger partial charge in [0.15, 0.2) is 0 Å². The molecule has 54 valence electrons. The van der Waals surface area contributed by atoms with Crippen molar-refractivity contribution in [3.8, 4) is 0 Å². The zero-order chi connectivity index (χ0) is 7.28. The minimum atomic E-state index is -0.872. The summed E-state index contributed by atoms with van der Waals surface area (Å²) in [6, 6.07) is 0. The molecule has 0 spiro atoms. The molecule has 0 aliphatic heterocycles. The van der Waals surface area contributed by atoms with Crippen LogP contribution >= 0.6 is 0 Å². The van der Waals surface area contributed by atoms with Crippen molar-refractivity contribution in [2.75, 3.05) is 6.54 Å². The Balaban J connectivity index is 3.26. The van der Waals surface area contributed by atoms with Gasteiger partial charge in [0.05, 0.1) is 12.6 Å². The van der Waals surface area contributed by atoms with Gasteiger partial charge in [-0.1, -0.05) is 6.92 Å². The molecule has 0 rings (SSSR count). The smallest absolute Gasteiger partial charge is 0.306 e. The van der Waals surface area contributed by atoms with Crippen molar-refractivity contribution in [2.45, 2.75) is 19.5 Å². The van der Waals surface area contributed by atoms with Gasteiger partial charge in [0.25, 0.3) is 0 Å². The molecule has 0 heterocycles. The molecule has 0 aromatic rings. The van der Waals surface area contributed by atoms with Crippen LogP contribution in [-0.4, -0.2) is 23.8 Å². The number of carboxylic acids is 1. The molecule has 0 fully saturated rings. The summed E-state index contributed by atoms with van der Waals surface area (Å²) in [5.74, 6) is -0.872. The first-order chi connectivity index (χ1) is 4.16.